The summed E-state index contributed by atoms with van der Waals surface area (Å²) in [4.78, 5) is 23.8. The minimum atomic E-state index is -0.0976. The van der Waals surface area contributed by atoms with E-state index in [0.29, 0.717) is 17.4 Å². The molecule has 0 aliphatic heterocycles. The number of anilines is 1. The van der Waals surface area contributed by atoms with E-state index >= 15 is 0 Å². The fourth-order valence-corrected chi connectivity index (χ4v) is 4.41. The van der Waals surface area contributed by atoms with E-state index in [4.69, 9.17) is 9.72 Å². The van der Waals surface area contributed by atoms with Gasteiger partial charge in [-0.15, -0.1) is 0 Å². The van der Waals surface area contributed by atoms with Crippen LogP contribution in [0.1, 0.15) is 23.1 Å². The highest BCUT2D eigenvalue weighted by molar-refractivity contribution is 7.22. The predicted molar refractivity (Wildman–Crippen MR) is 125 cm³/mol. The molecule has 6 nitrogen and oxygen atoms in total. The molecule has 4 aromatic rings. The van der Waals surface area contributed by atoms with E-state index < -0.39 is 0 Å². The minimum absolute atomic E-state index is 0.0257. The lowest BCUT2D eigenvalue weighted by molar-refractivity contribution is -0.120. The van der Waals surface area contributed by atoms with Crippen LogP contribution in [0.15, 0.2) is 55.1 Å². The van der Waals surface area contributed by atoms with Crippen molar-refractivity contribution >= 4 is 32.6 Å². The number of imidazole rings is 1. The molecule has 0 saturated heterocycles. The average molecular weight is 435 g/mol. The highest BCUT2D eigenvalue weighted by Gasteiger charge is 2.21. The summed E-state index contributed by atoms with van der Waals surface area (Å²) in [6.07, 6.45) is 6.27. The minimum Gasteiger partial charge on any atom is -0.484 e. The number of rotatable bonds is 8. The first kappa shape index (κ1) is 21.1. The number of carbonyl (C=O) groups excluding carboxylic acids is 1. The molecule has 0 saturated carbocycles. The molecule has 2 aromatic heterocycles. The molecule has 0 aliphatic rings. The van der Waals surface area contributed by atoms with Crippen LogP contribution in [0.25, 0.3) is 10.2 Å². The number of hydrogen-bond acceptors (Lipinski definition) is 5. The van der Waals surface area contributed by atoms with Gasteiger partial charge in [0.25, 0.3) is 5.91 Å². The third-order valence-electron chi connectivity index (χ3n) is 5.35. The normalized spacial score (nSPS) is 11.1. The number of amides is 1. The Hall–Kier alpha value is -3.19. The Morgan fingerprint density at radius 1 is 1.13 bits per heavy atom. The van der Waals surface area contributed by atoms with Gasteiger partial charge in [0.2, 0.25) is 0 Å². The molecule has 1 amide bonds. The van der Waals surface area contributed by atoms with Crippen molar-refractivity contribution < 1.29 is 9.53 Å². The number of carbonyl (C=O) groups is 1. The van der Waals surface area contributed by atoms with Crippen molar-refractivity contribution in [2.24, 2.45) is 0 Å². The van der Waals surface area contributed by atoms with Crippen LogP contribution in [0.3, 0.4) is 0 Å². The molecule has 0 atom stereocenters. The molecular weight excluding hydrogens is 408 g/mol. The topological polar surface area (TPSA) is 60.2 Å². The number of aromatic nitrogens is 3. The van der Waals surface area contributed by atoms with Crippen LogP contribution in [0, 0.1) is 20.8 Å². The van der Waals surface area contributed by atoms with E-state index in [0.717, 1.165) is 34.3 Å². The Morgan fingerprint density at radius 3 is 2.68 bits per heavy atom. The maximum Gasteiger partial charge on any atom is 0.266 e. The summed E-state index contributed by atoms with van der Waals surface area (Å²) in [7, 11) is 0. The summed E-state index contributed by atoms with van der Waals surface area (Å²) < 4.78 is 8.86. The lowest BCUT2D eigenvalue weighted by Crippen LogP contribution is -2.36. The molecule has 0 N–H and O–H groups in total. The zero-order valence-electron chi connectivity index (χ0n) is 18.0. The maximum atomic E-state index is 13.2. The van der Waals surface area contributed by atoms with Crippen LogP contribution < -0.4 is 9.64 Å². The van der Waals surface area contributed by atoms with Crippen LogP contribution >= 0.6 is 11.3 Å². The summed E-state index contributed by atoms with van der Waals surface area (Å²) in [6.45, 7) is 7.50. The van der Waals surface area contributed by atoms with Gasteiger partial charge in [0, 0.05) is 25.5 Å². The number of aryl methyl sites for hydroxylation is 4. The van der Waals surface area contributed by atoms with Crippen LogP contribution in [0.5, 0.6) is 5.75 Å². The van der Waals surface area contributed by atoms with Gasteiger partial charge in [0.15, 0.2) is 11.7 Å². The fourth-order valence-electron chi connectivity index (χ4n) is 3.34. The van der Waals surface area contributed by atoms with Crippen molar-refractivity contribution in [3.63, 3.8) is 0 Å². The van der Waals surface area contributed by atoms with Gasteiger partial charge in [0.1, 0.15) is 5.75 Å². The number of ether oxygens (including phenoxy) is 1. The zero-order chi connectivity index (χ0) is 21.8. The number of benzene rings is 2. The number of nitrogens with zero attached hydrogens (tertiary/aromatic N) is 4. The molecule has 0 bridgehead atoms. The van der Waals surface area contributed by atoms with E-state index in [1.165, 1.54) is 5.56 Å². The Kier molecular flexibility index (Phi) is 6.32. The standard InChI is InChI=1S/C24H26N4O2S/c1-17-5-8-20(9-6-17)30-15-22(29)28(13-4-12-27-14-11-25-16-27)24-26-23-19(3)18(2)7-10-21(23)31-24/h5-11,14,16H,4,12-13,15H2,1-3H3. The maximum absolute atomic E-state index is 13.2. The number of fused-ring (bicyclic) bond motifs is 1. The van der Waals surface area contributed by atoms with Gasteiger partial charge < -0.3 is 9.30 Å². The van der Waals surface area contributed by atoms with Crippen LogP contribution in [-0.2, 0) is 11.3 Å². The van der Waals surface area contributed by atoms with E-state index in [9.17, 15) is 4.79 Å². The fraction of sp³-hybridized carbons (Fsp3) is 0.292. The van der Waals surface area contributed by atoms with Gasteiger partial charge in [-0.05, 0) is 56.5 Å². The Morgan fingerprint density at radius 2 is 1.94 bits per heavy atom. The van der Waals surface area contributed by atoms with E-state index in [2.05, 4.69) is 31.0 Å². The molecule has 31 heavy (non-hydrogen) atoms. The Balaban J connectivity index is 1.53. The molecule has 7 heteroatoms. The first-order chi connectivity index (χ1) is 15.0. The third-order valence-corrected chi connectivity index (χ3v) is 6.39. The second kappa shape index (κ2) is 9.31. The van der Waals surface area contributed by atoms with Crippen molar-refractivity contribution in [1.82, 2.24) is 14.5 Å². The number of hydrogen-bond donors (Lipinski definition) is 0. The molecule has 4 rings (SSSR count). The molecule has 0 fully saturated rings. The van der Waals surface area contributed by atoms with Crippen molar-refractivity contribution in [2.45, 2.75) is 33.7 Å². The smallest absolute Gasteiger partial charge is 0.266 e. The predicted octanol–water partition coefficient (Wildman–Crippen LogP) is 4.92. The average Bonchev–Trinajstić information content (AvgIpc) is 3.43. The SMILES string of the molecule is Cc1ccc(OCC(=O)N(CCCn2ccnc2)c2nc3c(C)c(C)ccc3s2)cc1. The molecule has 0 unspecified atom stereocenters. The van der Waals surface area contributed by atoms with E-state index in [1.807, 2.05) is 42.0 Å². The van der Waals surface area contributed by atoms with Crippen molar-refractivity contribution in [3.8, 4) is 5.75 Å². The highest BCUT2D eigenvalue weighted by atomic mass is 32.1. The Bertz CT molecular complexity index is 1170. The van der Waals surface area contributed by atoms with Gasteiger partial charge in [-0.1, -0.05) is 35.1 Å². The van der Waals surface area contributed by atoms with Gasteiger partial charge in [0.05, 0.1) is 16.5 Å². The second-order valence-corrected chi connectivity index (χ2v) is 8.66. The van der Waals surface area contributed by atoms with Gasteiger partial charge in [-0.3, -0.25) is 9.69 Å². The monoisotopic (exact) mass is 434 g/mol. The summed E-state index contributed by atoms with van der Waals surface area (Å²) in [5.74, 6) is 0.590. The first-order valence-electron chi connectivity index (χ1n) is 10.3. The summed E-state index contributed by atoms with van der Waals surface area (Å²) >= 11 is 1.55. The lowest BCUT2D eigenvalue weighted by Gasteiger charge is -2.20. The van der Waals surface area contributed by atoms with Crippen LogP contribution in [-0.4, -0.2) is 33.6 Å². The molecule has 2 heterocycles. The molecule has 0 radical (unpaired) electrons. The van der Waals surface area contributed by atoms with Crippen molar-refractivity contribution in [1.29, 1.82) is 0 Å². The second-order valence-electron chi connectivity index (χ2n) is 7.65. The van der Waals surface area contributed by atoms with E-state index in [-0.39, 0.29) is 12.5 Å². The van der Waals surface area contributed by atoms with E-state index in [1.54, 1.807) is 28.8 Å². The molecule has 0 spiro atoms. The zero-order valence-corrected chi connectivity index (χ0v) is 18.9. The largest absolute Gasteiger partial charge is 0.484 e. The number of thiazole rings is 1. The summed E-state index contributed by atoms with van der Waals surface area (Å²) in [6, 6.07) is 11.9. The molecule has 2 aromatic carbocycles. The van der Waals surface area contributed by atoms with Gasteiger partial charge in [-0.25, -0.2) is 9.97 Å². The molecular formula is C24H26N4O2S. The van der Waals surface area contributed by atoms with Crippen molar-refractivity contribution in [3.05, 3.63) is 71.8 Å². The highest BCUT2D eigenvalue weighted by Crippen LogP contribution is 2.32. The lowest BCUT2D eigenvalue weighted by atomic mass is 10.1. The summed E-state index contributed by atoms with van der Waals surface area (Å²) in [5, 5.41) is 0.715. The van der Waals surface area contributed by atoms with Gasteiger partial charge >= 0.3 is 0 Å². The van der Waals surface area contributed by atoms with Crippen LogP contribution in [0.2, 0.25) is 0 Å². The molecule has 160 valence electrons. The van der Waals surface area contributed by atoms with Crippen molar-refractivity contribution in [2.75, 3.05) is 18.1 Å². The first-order valence-corrected chi connectivity index (χ1v) is 11.2. The van der Waals surface area contributed by atoms with Gasteiger partial charge in [-0.2, -0.15) is 0 Å². The van der Waals surface area contributed by atoms with Crippen LogP contribution in [0.4, 0.5) is 5.13 Å². The molecule has 0 aliphatic carbocycles. The summed E-state index contributed by atoms with van der Waals surface area (Å²) in [5.41, 5.74) is 4.47. The third kappa shape index (κ3) is 4.94. The Labute approximate surface area is 186 Å². The quantitative estimate of drug-likeness (QED) is 0.395.